The first-order valence-corrected chi connectivity index (χ1v) is 3.52. The largest absolute Gasteiger partial charge is 0.502 e. The minimum atomic E-state index is -5.50. The van der Waals surface area contributed by atoms with Gasteiger partial charge in [0.15, 0.2) is 0 Å². The lowest BCUT2D eigenvalue weighted by molar-refractivity contribution is -0.280. The molecule has 78 valence electrons. The van der Waals surface area contributed by atoms with E-state index in [4.69, 9.17) is 0 Å². The highest BCUT2D eigenvalue weighted by atomic mass is 19.4. The van der Waals surface area contributed by atoms with Gasteiger partial charge in [-0.2, -0.15) is 22.0 Å². The first-order chi connectivity index (χ1) is 5.81. The normalized spacial score (nSPS) is 13.7. The molecule has 6 heteroatoms. The van der Waals surface area contributed by atoms with Gasteiger partial charge in [-0.05, 0) is 13.0 Å². The fourth-order valence-corrected chi connectivity index (χ4v) is 0.476. The standard InChI is InChI=1S/C7H9F5O/c1-2-13-5-3-4-6(8,9)7(10,11)12/h3,5H,2,4H2,1H3/b5-3+. The maximum atomic E-state index is 12.1. The molecule has 0 atom stereocenters. The second kappa shape index (κ2) is 4.43. The molecule has 1 nitrogen and oxygen atoms in total. The Labute approximate surface area is 72.2 Å². The van der Waals surface area contributed by atoms with Crippen LogP contribution in [0.1, 0.15) is 13.3 Å². The molecule has 0 aliphatic rings. The predicted octanol–water partition coefficient (Wildman–Crippen LogP) is 3.12. The van der Waals surface area contributed by atoms with E-state index in [1.165, 1.54) is 0 Å². The van der Waals surface area contributed by atoms with Gasteiger partial charge in [-0.1, -0.05) is 0 Å². The summed E-state index contributed by atoms with van der Waals surface area (Å²) in [6, 6.07) is 0. The molecular weight excluding hydrogens is 195 g/mol. The Balaban J connectivity index is 4.04. The quantitative estimate of drug-likeness (QED) is 0.505. The summed E-state index contributed by atoms with van der Waals surface area (Å²) in [6.07, 6.45) is -5.41. The van der Waals surface area contributed by atoms with Crippen LogP contribution in [0.5, 0.6) is 0 Å². The molecule has 0 amide bonds. The molecular formula is C7H9F5O. The Bertz CT molecular complexity index is 172. The van der Waals surface area contributed by atoms with E-state index >= 15 is 0 Å². The molecule has 0 aromatic heterocycles. The summed E-state index contributed by atoms with van der Waals surface area (Å²) in [7, 11) is 0. The van der Waals surface area contributed by atoms with Crippen LogP contribution in [0.3, 0.4) is 0 Å². The Morgan fingerprint density at radius 2 is 1.69 bits per heavy atom. The zero-order valence-electron chi connectivity index (χ0n) is 6.87. The van der Waals surface area contributed by atoms with E-state index in [-0.39, 0.29) is 6.61 Å². The van der Waals surface area contributed by atoms with Crippen molar-refractivity contribution in [2.75, 3.05) is 6.61 Å². The van der Waals surface area contributed by atoms with Crippen LogP contribution in [-0.2, 0) is 4.74 Å². The monoisotopic (exact) mass is 204 g/mol. The summed E-state index contributed by atoms with van der Waals surface area (Å²) >= 11 is 0. The van der Waals surface area contributed by atoms with Gasteiger partial charge in [-0.25, -0.2) is 0 Å². The lowest BCUT2D eigenvalue weighted by Crippen LogP contribution is -2.35. The minimum Gasteiger partial charge on any atom is -0.502 e. The molecule has 0 saturated carbocycles. The molecule has 0 unspecified atom stereocenters. The molecule has 0 radical (unpaired) electrons. The smallest absolute Gasteiger partial charge is 0.453 e. The minimum absolute atomic E-state index is 0.230. The number of halogens is 5. The van der Waals surface area contributed by atoms with E-state index in [1.807, 2.05) is 0 Å². The van der Waals surface area contributed by atoms with Gasteiger partial charge in [0.05, 0.1) is 12.9 Å². The molecule has 0 N–H and O–H groups in total. The number of alkyl halides is 5. The van der Waals surface area contributed by atoms with E-state index in [2.05, 4.69) is 4.74 Å². The molecule has 0 aromatic carbocycles. The summed E-state index contributed by atoms with van der Waals surface area (Å²) < 4.78 is 63.3. The predicted molar refractivity (Wildman–Crippen MR) is 36.4 cm³/mol. The van der Waals surface area contributed by atoms with Crippen LogP contribution < -0.4 is 0 Å². The maximum absolute atomic E-state index is 12.1. The Hall–Kier alpha value is -0.810. The number of hydrogen-bond donors (Lipinski definition) is 0. The van der Waals surface area contributed by atoms with Crippen LogP contribution in [-0.4, -0.2) is 18.7 Å². The maximum Gasteiger partial charge on any atom is 0.453 e. The fraction of sp³-hybridized carbons (Fsp3) is 0.714. The van der Waals surface area contributed by atoms with Crippen molar-refractivity contribution in [1.29, 1.82) is 0 Å². The average Bonchev–Trinajstić information content (AvgIpc) is 1.96. The van der Waals surface area contributed by atoms with Crippen LogP contribution in [0.2, 0.25) is 0 Å². The molecule has 0 aliphatic carbocycles. The second-order valence-corrected chi connectivity index (χ2v) is 2.23. The van der Waals surface area contributed by atoms with Crippen LogP contribution in [0.15, 0.2) is 12.3 Å². The molecule has 0 bridgehead atoms. The van der Waals surface area contributed by atoms with Crippen LogP contribution in [0, 0.1) is 0 Å². The lowest BCUT2D eigenvalue weighted by atomic mass is 10.2. The lowest BCUT2D eigenvalue weighted by Gasteiger charge is -2.17. The molecule has 0 fully saturated rings. The van der Waals surface area contributed by atoms with E-state index < -0.39 is 18.5 Å². The topological polar surface area (TPSA) is 9.23 Å². The molecule has 0 aliphatic heterocycles. The number of allylic oxidation sites excluding steroid dienone is 1. The zero-order valence-corrected chi connectivity index (χ0v) is 6.87. The van der Waals surface area contributed by atoms with Gasteiger partial charge in [0, 0.05) is 6.42 Å². The third-order valence-corrected chi connectivity index (χ3v) is 1.15. The van der Waals surface area contributed by atoms with Gasteiger partial charge in [-0.3, -0.25) is 0 Å². The number of ether oxygens (including phenoxy) is 1. The van der Waals surface area contributed by atoms with Gasteiger partial charge in [0.25, 0.3) is 0 Å². The average molecular weight is 204 g/mol. The van der Waals surface area contributed by atoms with Gasteiger partial charge in [-0.15, -0.1) is 0 Å². The van der Waals surface area contributed by atoms with Crippen LogP contribution in [0.25, 0.3) is 0 Å². The van der Waals surface area contributed by atoms with Gasteiger partial charge < -0.3 is 4.74 Å². The SMILES string of the molecule is CCO/C=C/CC(F)(F)C(F)(F)F. The van der Waals surface area contributed by atoms with Crippen molar-refractivity contribution < 1.29 is 26.7 Å². The highest BCUT2D eigenvalue weighted by Gasteiger charge is 2.56. The molecule has 0 heterocycles. The third-order valence-electron chi connectivity index (χ3n) is 1.15. The van der Waals surface area contributed by atoms with Crippen molar-refractivity contribution in [3.63, 3.8) is 0 Å². The van der Waals surface area contributed by atoms with Crippen molar-refractivity contribution >= 4 is 0 Å². The third kappa shape index (κ3) is 4.10. The second-order valence-electron chi connectivity index (χ2n) is 2.23. The van der Waals surface area contributed by atoms with E-state index in [9.17, 15) is 22.0 Å². The molecule has 0 aromatic rings. The van der Waals surface area contributed by atoms with Crippen LogP contribution >= 0.6 is 0 Å². The highest BCUT2D eigenvalue weighted by molar-refractivity contribution is 4.86. The zero-order chi connectivity index (χ0) is 10.5. The summed E-state index contributed by atoms with van der Waals surface area (Å²) in [6.45, 7) is 1.82. The summed E-state index contributed by atoms with van der Waals surface area (Å²) in [5.74, 6) is -4.68. The van der Waals surface area contributed by atoms with Crippen molar-refractivity contribution in [2.24, 2.45) is 0 Å². The van der Waals surface area contributed by atoms with Crippen molar-refractivity contribution in [2.45, 2.75) is 25.4 Å². The van der Waals surface area contributed by atoms with Crippen molar-refractivity contribution in [1.82, 2.24) is 0 Å². The summed E-state index contributed by atoms with van der Waals surface area (Å²) in [5.41, 5.74) is 0. The molecule has 0 rings (SSSR count). The first-order valence-electron chi connectivity index (χ1n) is 3.52. The van der Waals surface area contributed by atoms with E-state index in [0.717, 1.165) is 6.26 Å². The molecule has 0 saturated heterocycles. The van der Waals surface area contributed by atoms with E-state index in [1.54, 1.807) is 6.92 Å². The van der Waals surface area contributed by atoms with Crippen LogP contribution in [0.4, 0.5) is 22.0 Å². The summed E-state index contributed by atoms with van der Waals surface area (Å²) in [4.78, 5) is 0. The van der Waals surface area contributed by atoms with Crippen molar-refractivity contribution in [3.05, 3.63) is 12.3 Å². The Morgan fingerprint density at radius 1 is 1.15 bits per heavy atom. The number of rotatable bonds is 4. The highest BCUT2D eigenvalue weighted by Crippen LogP contribution is 2.38. The Kier molecular flexibility index (Phi) is 4.16. The molecule has 13 heavy (non-hydrogen) atoms. The Morgan fingerprint density at radius 3 is 2.08 bits per heavy atom. The fourth-order valence-electron chi connectivity index (χ4n) is 0.476. The van der Waals surface area contributed by atoms with Gasteiger partial charge in [0.1, 0.15) is 0 Å². The summed E-state index contributed by atoms with van der Waals surface area (Å²) in [5, 5.41) is 0. The van der Waals surface area contributed by atoms with Gasteiger partial charge in [0.2, 0.25) is 0 Å². The van der Waals surface area contributed by atoms with Crippen molar-refractivity contribution in [3.8, 4) is 0 Å². The van der Waals surface area contributed by atoms with Gasteiger partial charge >= 0.3 is 12.1 Å². The molecule has 0 spiro atoms. The number of hydrogen-bond acceptors (Lipinski definition) is 1. The van der Waals surface area contributed by atoms with E-state index in [0.29, 0.717) is 6.08 Å². The first kappa shape index (κ1) is 12.2.